The maximum absolute atomic E-state index is 12.5. The van der Waals surface area contributed by atoms with Crippen molar-refractivity contribution in [3.05, 3.63) is 0 Å². The van der Waals surface area contributed by atoms with Gasteiger partial charge in [-0.2, -0.15) is 0 Å². The molecule has 0 radical (unpaired) electrons. The van der Waals surface area contributed by atoms with Gasteiger partial charge in [0.2, 0.25) is 5.91 Å². The molecular formula is C14H27N3O. The van der Waals surface area contributed by atoms with E-state index in [4.69, 9.17) is 5.73 Å². The lowest BCUT2D eigenvalue weighted by molar-refractivity contribution is -0.140. The van der Waals surface area contributed by atoms with E-state index in [2.05, 4.69) is 30.7 Å². The van der Waals surface area contributed by atoms with Gasteiger partial charge < -0.3 is 15.5 Å². The van der Waals surface area contributed by atoms with Crippen LogP contribution in [0.3, 0.4) is 0 Å². The number of rotatable bonds is 1. The topological polar surface area (TPSA) is 49.6 Å². The minimum Gasteiger partial charge on any atom is -0.342 e. The van der Waals surface area contributed by atoms with Crippen LogP contribution in [0.2, 0.25) is 0 Å². The molecule has 0 aliphatic carbocycles. The van der Waals surface area contributed by atoms with E-state index in [1.54, 1.807) is 0 Å². The molecule has 2 fully saturated rings. The third-order valence-electron chi connectivity index (χ3n) is 4.69. The zero-order valence-electron chi connectivity index (χ0n) is 12.0. The molecule has 2 N–H and O–H groups in total. The van der Waals surface area contributed by atoms with Crippen molar-refractivity contribution >= 4 is 5.91 Å². The van der Waals surface area contributed by atoms with E-state index in [-0.39, 0.29) is 17.4 Å². The van der Waals surface area contributed by atoms with Gasteiger partial charge in [-0.15, -0.1) is 0 Å². The van der Waals surface area contributed by atoms with E-state index in [0.29, 0.717) is 5.91 Å². The molecule has 2 heterocycles. The second kappa shape index (κ2) is 5.17. The molecule has 18 heavy (non-hydrogen) atoms. The Bertz CT molecular complexity index is 308. The van der Waals surface area contributed by atoms with Crippen LogP contribution in [-0.4, -0.2) is 55.0 Å². The monoisotopic (exact) mass is 253 g/mol. The molecule has 104 valence electrons. The highest BCUT2D eigenvalue weighted by molar-refractivity contribution is 5.79. The zero-order valence-corrected chi connectivity index (χ0v) is 12.0. The van der Waals surface area contributed by atoms with Crippen molar-refractivity contribution in [1.82, 2.24) is 9.80 Å². The normalized spacial score (nSPS) is 30.4. The number of nitrogens with two attached hydrogens (primary N) is 1. The van der Waals surface area contributed by atoms with Gasteiger partial charge in [-0.05, 0) is 44.8 Å². The molecule has 2 rings (SSSR count). The number of hydrogen-bond donors (Lipinski definition) is 1. The Morgan fingerprint density at radius 1 is 1.17 bits per heavy atom. The number of nitrogens with zero attached hydrogens (tertiary/aromatic N) is 2. The number of carbonyl (C=O) groups is 1. The number of piperidine rings is 2. The zero-order chi connectivity index (χ0) is 13.3. The lowest BCUT2D eigenvalue weighted by Crippen LogP contribution is -2.55. The van der Waals surface area contributed by atoms with Crippen LogP contribution in [-0.2, 0) is 4.79 Å². The Morgan fingerprint density at radius 3 is 2.33 bits per heavy atom. The van der Waals surface area contributed by atoms with E-state index in [9.17, 15) is 4.79 Å². The maximum Gasteiger partial charge on any atom is 0.225 e. The van der Waals surface area contributed by atoms with Gasteiger partial charge in [0.1, 0.15) is 0 Å². The molecule has 0 aromatic heterocycles. The maximum atomic E-state index is 12.5. The first kappa shape index (κ1) is 13.8. The van der Waals surface area contributed by atoms with Crippen molar-refractivity contribution in [2.24, 2.45) is 17.1 Å². The Hall–Kier alpha value is -0.610. The first-order chi connectivity index (χ1) is 8.40. The Labute approximate surface area is 110 Å². The molecule has 2 saturated heterocycles. The SMILES string of the molecule is CN1CCC(C(=O)N2CCC(N)C(C)(C)C2)CC1. The van der Waals surface area contributed by atoms with Gasteiger partial charge in [0.05, 0.1) is 0 Å². The number of hydrogen-bond acceptors (Lipinski definition) is 3. The first-order valence-corrected chi connectivity index (χ1v) is 7.13. The van der Waals surface area contributed by atoms with Crippen molar-refractivity contribution in [2.45, 2.75) is 39.2 Å². The smallest absolute Gasteiger partial charge is 0.225 e. The molecule has 2 aliphatic rings. The first-order valence-electron chi connectivity index (χ1n) is 7.13. The van der Waals surface area contributed by atoms with Gasteiger partial charge in [0, 0.05) is 25.0 Å². The Balaban J connectivity index is 1.93. The lowest BCUT2D eigenvalue weighted by atomic mass is 9.79. The predicted molar refractivity (Wildman–Crippen MR) is 73.2 cm³/mol. The third-order valence-corrected chi connectivity index (χ3v) is 4.69. The predicted octanol–water partition coefficient (Wildman–Crippen LogP) is 0.914. The molecule has 1 atom stereocenters. The number of likely N-dealkylation sites (tertiary alicyclic amines) is 2. The number of carbonyl (C=O) groups excluding carboxylic acids is 1. The van der Waals surface area contributed by atoms with E-state index < -0.39 is 0 Å². The largest absolute Gasteiger partial charge is 0.342 e. The van der Waals surface area contributed by atoms with Crippen molar-refractivity contribution in [2.75, 3.05) is 33.2 Å². The van der Waals surface area contributed by atoms with Gasteiger partial charge in [-0.3, -0.25) is 4.79 Å². The van der Waals surface area contributed by atoms with E-state index in [1.807, 2.05) is 0 Å². The molecule has 0 saturated carbocycles. The summed E-state index contributed by atoms with van der Waals surface area (Å²) in [5.74, 6) is 0.606. The van der Waals surface area contributed by atoms with Crippen LogP contribution in [0, 0.1) is 11.3 Å². The highest BCUT2D eigenvalue weighted by atomic mass is 16.2. The van der Waals surface area contributed by atoms with Crippen molar-refractivity contribution in [3.8, 4) is 0 Å². The fourth-order valence-corrected chi connectivity index (χ4v) is 3.08. The summed E-state index contributed by atoms with van der Waals surface area (Å²) in [6.07, 6.45) is 2.96. The lowest BCUT2D eigenvalue weighted by Gasteiger charge is -2.44. The summed E-state index contributed by atoms with van der Waals surface area (Å²) in [6.45, 7) is 8.10. The van der Waals surface area contributed by atoms with Crippen LogP contribution < -0.4 is 5.73 Å². The van der Waals surface area contributed by atoms with Crippen LogP contribution in [0.1, 0.15) is 33.1 Å². The molecule has 1 amide bonds. The van der Waals surface area contributed by atoms with Gasteiger partial charge in [0.15, 0.2) is 0 Å². The quantitative estimate of drug-likeness (QED) is 0.756. The average Bonchev–Trinajstić information content (AvgIpc) is 2.33. The molecule has 0 aromatic carbocycles. The molecule has 2 aliphatic heterocycles. The second-order valence-electron chi connectivity index (χ2n) is 6.72. The standard InChI is InChI=1S/C14H27N3O/c1-14(2)10-17(9-6-12(14)15)13(18)11-4-7-16(3)8-5-11/h11-12H,4-10,15H2,1-3H3. The highest BCUT2D eigenvalue weighted by Crippen LogP contribution is 2.29. The molecule has 0 aromatic rings. The summed E-state index contributed by atoms with van der Waals surface area (Å²) in [5.41, 5.74) is 6.18. The van der Waals surface area contributed by atoms with E-state index in [0.717, 1.165) is 45.4 Å². The fraction of sp³-hybridized carbons (Fsp3) is 0.929. The van der Waals surface area contributed by atoms with Crippen molar-refractivity contribution < 1.29 is 4.79 Å². The summed E-state index contributed by atoms with van der Waals surface area (Å²) in [7, 11) is 2.13. The van der Waals surface area contributed by atoms with Crippen molar-refractivity contribution in [1.29, 1.82) is 0 Å². The van der Waals surface area contributed by atoms with Crippen molar-refractivity contribution in [3.63, 3.8) is 0 Å². The van der Waals surface area contributed by atoms with Crippen LogP contribution >= 0.6 is 0 Å². The Morgan fingerprint density at radius 2 is 1.78 bits per heavy atom. The van der Waals surface area contributed by atoms with Gasteiger partial charge in [-0.25, -0.2) is 0 Å². The second-order valence-corrected chi connectivity index (χ2v) is 6.72. The summed E-state index contributed by atoms with van der Waals surface area (Å²) in [6, 6.07) is 0.221. The summed E-state index contributed by atoms with van der Waals surface area (Å²) in [5, 5.41) is 0. The van der Waals surface area contributed by atoms with E-state index in [1.165, 1.54) is 0 Å². The fourth-order valence-electron chi connectivity index (χ4n) is 3.08. The third kappa shape index (κ3) is 2.86. The minimum absolute atomic E-state index is 0.0549. The molecule has 0 bridgehead atoms. The Kier molecular flexibility index (Phi) is 3.97. The van der Waals surface area contributed by atoms with E-state index >= 15 is 0 Å². The molecule has 4 heteroatoms. The molecular weight excluding hydrogens is 226 g/mol. The van der Waals surface area contributed by atoms with Gasteiger partial charge in [0.25, 0.3) is 0 Å². The molecule has 0 spiro atoms. The minimum atomic E-state index is 0.0549. The highest BCUT2D eigenvalue weighted by Gasteiger charge is 2.37. The van der Waals surface area contributed by atoms with Gasteiger partial charge in [-0.1, -0.05) is 13.8 Å². The van der Waals surface area contributed by atoms with Gasteiger partial charge >= 0.3 is 0 Å². The van der Waals surface area contributed by atoms with Crippen LogP contribution in [0.25, 0.3) is 0 Å². The molecule has 4 nitrogen and oxygen atoms in total. The number of amides is 1. The average molecular weight is 253 g/mol. The van der Waals surface area contributed by atoms with Crippen LogP contribution in [0.15, 0.2) is 0 Å². The summed E-state index contributed by atoms with van der Waals surface area (Å²) < 4.78 is 0. The summed E-state index contributed by atoms with van der Waals surface area (Å²) >= 11 is 0. The van der Waals surface area contributed by atoms with Crippen LogP contribution in [0.5, 0.6) is 0 Å². The molecule has 1 unspecified atom stereocenters. The summed E-state index contributed by atoms with van der Waals surface area (Å²) in [4.78, 5) is 16.9. The van der Waals surface area contributed by atoms with Crippen LogP contribution in [0.4, 0.5) is 0 Å².